The second kappa shape index (κ2) is 8.18. The Labute approximate surface area is 179 Å². The fourth-order valence-corrected chi connectivity index (χ4v) is 3.98. The third-order valence-corrected chi connectivity index (χ3v) is 5.56. The van der Waals surface area contributed by atoms with E-state index in [1.807, 2.05) is 24.3 Å². The first-order chi connectivity index (χ1) is 15.2. The quantitative estimate of drug-likeness (QED) is 0.702. The summed E-state index contributed by atoms with van der Waals surface area (Å²) in [5, 5.41) is 2.94. The predicted molar refractivity (Wildman–Crippen MR) is 113 cm³/mol. The number of fused-ring (bicyclic) bond motifs is 2. The van der Waals surface area contributed by atoms with Crippen LogP contribution in [0.4, 0.5) is 5.69 Å². The Kier molecular flexibility index (Phi) is 5.08. The molecule has 1 aromatic heterocycles. The van der Waals surface area contributed by atoms with Crippen LogP contribution in [0.1, 0.15) is 28.1 Å². The van der Waals surface area contributed by atoms with E-state index in [4.69, 9.17) is 13.9 Å². The molecule has 2 aromatic carbocycles. The molecular weight excluding hydrogens is 396 g/mol. The first-order valence-corrected chi connectivity index (χ1v) is 10.3. The summed E-state index contributed by atoms with van der Waals surface area (Å²) in [6.07, 6.45) is 2.69. The first kappa shape index (κ1) is 19.2. The van der Waals surface area contributed by atoms with Crippen LogP contribution in [-0.4, -0.2) is 36.0 Å². The lowest BCUT2D eigenvalue weighted by atomic mass is 9.93. The second-order valence-electron chi connectivity index (χ2n) is 7.60. The van der Waals surface area contributed by atoms with E-state index in [2.05, 4.69) is 5.32 Å². The standard InChI is InChI=1S/C24H22N2O5/c27-23(25-18-8-9-20-22(14-18)31-12-4-11-29-20)19-13-16-5-1-2-6-17(16)15-26(19)24(28)21-7-3-10-30-21/h1-3,5-10,14,19H,4,11-13,15H2,(H,25,27). The zero-order chi connectivity index (χ0) is 21.2. The van der Waals surface area contributed by atoms with Crippen LogP contribution in [0.2, 0.25) is 0 Å². The lowest BCUT2D eigenvalue weighted by Crippen LogP contribution is -2.50. The summed E-state index contributed by atoms with van der Waals surface area (Å²) in [7, 11) is 0. The van der Waals surface area contributed by atoms with E-state index in [9.17, 15) is 9.59 Å². The van der Waals surface area contributed by atoms with Gasteiger partial charge in [-0.15, -0.1) is 0 Å². The van der Waals surface area contributed by atoms with Crippen molar-refractivity contribution >= 4 is 17.5 Å². The summed E-state index contributed by atoms with van der Waals surface area (Å²) >= 11 is 0. The van der Waals surface area contributed by atoms with Crippen LogP contribution in [0.15, 0.2) is 65.3 Å². The number of rotatable bonds is 3. The average molecular weight is 418 g/mol. The molecule has 0 saturated heterocycles. The predicted octanol–water partition coefficient (Wildman–Crippen LogP) is 3.65. The van der Waals surface area contributed by atoms with Gasteiger partial charge in [-0.05, 0) is 35.4 Å². The van der Waals surface area contributed by atoms with Crippen molar-refractivity contribution in [2.45, 2.75) is 25.4 Å². The van der Waals surface area contributed by atoms with E-state index < -0.39 is 6.04 Å². The Hall–Kier alpha value is -3.74. The van der Waals surface area contributed by atoms with E-state index in [0.29, 0.717) is 43.4 Å². The van der Waals surface area contributed by atoms with Gasteiger partial charge < -0.3 is 24.1 Å². The zero-order valence-electron chi connectivity index (χ0n) is 16.9. The fraction of sp³-hybridized carbons (Fsp3) is 0.250. The summed E-state index contributed by atoms with van der Waals surface area (Å²) in [5.74, 6) is 0.916. The highest BCUT2D eigenvalue weighted by molar-refractivity contribution is 6.00. The molecule has 5 rings (SSSR count). The lowest BCUT2D eigenvalue weighted by Gasteiger charge is -2.35. The Morgan fingerprint density at radius 1 is 0.935 bits per heavy atom. The van der Waals surface area contributed by atoms with Crippen LogP contribution in [0.5, 0.6) is 11.5 Å². The lowest BCUT2D eigenvalue weighted by molar-refractivity contribution is -0.121. The molecule has 158 valence electrons. The minimum atomic E-state index is -0.663. The summed E-state index contributed by atoms with van der Waals surface area (Å²) < 4.78 is 16.7. The number of furan rings is 1. The van der Waals surface area contributed by atoms with Crippen LogP contribution in [-0.2, 0) is 17.8 Å². The number of amides is 2. The summed E-state index contributed by atoms with van der Waals surface area (Å²) in [5.41, 5.74) is 2.69. The highest BCUT2D eigenvalue weighted by atomic mass is 16.5. The van der Waals surface area contributed by atoms with Crippen molar-refractivity contribution in [3.05, 3.63) is 77.7 Å². The van der Waals surface area contributed by atoms with E-state index >= 15 is 0 Å². The SMILES string of the molecule is O=C(Nc1ccc2c(c1)OCCCO2)C1Cc2ccccc2CN1C(=O)c1ccco1. The molecule has 0 fully saturated rings. The minimum absolute atomic E-state index is 0.216. The fourth-order valence-electron chi connectivity index (χ4n) is 3.98. The van der Waals surface area contributed by atoms with Crippen LogP contribution < -0.4 is 14.8 Å². The van der Waals surface area contributed by atoms with Crippen molar-refractivity contribution in [2.75, 3.05) is 18.5 Å². The Morgan fingerprint density at radius 3 is 2.55 bits per heavy atom. The van der Waals surface area contributed by atoms with Gasteiger partial charge in [-0.2, -0.15) is 0 Å². The number of carbonyl (C=O) groups is 2. The zero-order valence-corrected chi connectivity index (χ0v) is 16.9. The van der Waals surface area contributed by atoms with Gasteiger partial charge in [0.15, 0.2) is 17.3 Å². The smallest absolute Gasteiger partial charge is 0.290 e. The molecule has 0 spiro atoms. The molecule has 0 radical (unpaired) electrons. The molecule has 7 heteroatoms. The molecule has 0 aliphatic carbocycles. The van der Waals surface area contributed by atoms with E-state index in [1.165, 1.54) is 6.26 Å². The molecule has 31 heavy (non-hydrogen) atoms. The topological polar surface area (TPSA) is 81.0 Å². The van der Waals surface area contributed by atoms with E-state index in [0.717, 1.165) is 17.5 Å². The van der Waals surface area contributed by atoms with Gasteiger partial charge in [-0.3, -0.25) is 9.59 Å². The Bertz CT molecular complexity index is 1110. The largest absolute Gasteiger partial charge is 0.490 e. The molecule has 1 unspecified atom stereocenters. The number of carbonyl (C=O) groups excluding carboxylic acids is 2. The number of ether oxygens (including phenoxy) is 2. The molecular formula is C24H22N2O5. The highest BCUT2D eigenvalue weighted by Crippen LogP contribution is 2.33. The number of nitrogens with zero attached hydrogens (tertiary/aromatic N) is 1. The van der Waals surface area contributed by atoms with Crippen molar-refractivity contribution in [1.82, 2.24) is 4.90 Å². The van der Waals surface area contributed by atoms with Crippen molar-refractivity contribution in [2.24, 2.45) is 0 Å². The van der Waals surface area contributed by atoms with Gasteiger partial charge in [0.2, 0.25) is 5.91 Å². The van der Waals surface area contributed by atoms with Crippen molar-refractivity contribution in [3.63, 3.8) is 0 Å². The van der Waals surface area contributed by atoms with Gasteiger partial charge >= 0.3 is 0 Å². The summed E-state index contributed by atoms with van der Waals surface area (Å²) in [6.45, 7) is 1.51. The van der Waals surface area contributed by atoms with Gasteiger partial charge in [0, 0.05) is 31.1 Å². The maximum atomic E-state index is 13.3. The number of anilines is 1. The molecule has 3 heterocycles. The van der Waals surface area contributed by atoms with E-state index in [1.54, 1.807) is 35.2 Å². The number of nitrogens with one attached hydrogen (secondary N) is 1. The third-order valence-electron chi connectivity index (χ3n) is 5.56. The highest BCUT2D eigenvalue weighted by Gasteiger charge is 2.36. The first-order valence-electron chi connectivity index (χ1n) is 10.3. The molecule has 0 saturated carbocycles. The summed E-state index contributed by atoms with van der Waals surface area (Å²) in [6, 6.07) is 15.8. The van der Waals surface area contributed by atoms with Crippen molar-refractivity contribution < 1.29 is 23.5 Å². The van der Waals surface area contributed by atoms with Crippen LogP contribution >= 0.6 is 0 Å². The number of hydrogen-bond donors (Lipinski definition) is 1. The molecule has 1 atom stereocenters. The van der Waals surface area contributed by atoms with Crippen LogP contribution in [0.3, 0.4) is 0 Å². The van der Waals surface area contributed by atoms with Crippen molar-refractivity contribution in [3.8, 4) is 11.5 Å². The number of hydrogen-bond acceptors (Lipinski definition) is 5. The van der Waals surface area contributed by atoms with Gasteiger partial charge in [-0.1, -0.05) is 24.3 Å². The molecule has 2 aliphatic rings. The average Bonchev–Trinajstić information content (AvgIpc) is 3.23. The third kappa shape index (κ3) is 3.86. The molecule has 1 N–H and O–H groups in total. The van der Waals surface area contributed by atoms with Crippen LogP contribution in [0, 0.1) is 0 Å². The van der Waals surface area contributed by atoms with Gasteiger partial charge in [0.05, 0.1) is 19.5 Å². The van der Waals surface area contributed by atoms with Crippen LogP contribution in [0.25, 0.3) is 0 Å². The van der Waals surface area contributed by atoms with Gasteiger partial charge in [0.1, 0.15) is 6.04 Å². The molecule has 2 amide bonds. The van der Waals surface area contributed by atoms with Gasteiger partial charge in [-0.25, -0.2) is 0 Å². The van der Waals surface area contributed by atoms with Gasteiger partial charge in [0.25, 0.3) is 5.91 Å². The molecule has 7 nitrogen and oxygen atoms in total. The van der Waals surface area contributed by atoms with Crippen molar-refractivity contribution in [1.29, 1.82) is 0 Å². The van der Waals surface area contributed by atoms with E-state index in [-0.39, 0.29) is 17.6 Å². The number of benzene rings is 2. The Morgan fingerprint density at radius 2 is 1.74 bits per heavy atom. The molecule has 0 bridgehead atoms. The maximum Gasteiger partial charge on any atom is 0.290 e. The Balaban J connectivity index is 1.41. The summed E-state index contributed by atoms with van der Waals surface area (Å²) in [4.78, 5) is 27.9. The minimum Gasteiger partial charge on any atom is -0.490 e. The maximum absolute atomic E-state index is 13.3. The molecule has 2 aliphatic heterocycles. The monoisotopic (exact) mass is 418 g/mol. The normalized spacial score (nSPS) is 17.4. The molecule has 3 aromatic rings. The second-order valence-corrected chi connectivity index (χ2v) is 7.60.